The highest BCUT2D eigenvalue weighted by atomic mass is 32.2. The van der Waals surface area contributed by atoms with E-state index in [9.17, 15) is 19.2 Å². The van der Waals surface area contributed by atoms with Crippen molar-refractivity contribution in [3.8, 4) is 11.1 Å². The molecule has 10 heteroatoms. The van der Waals surface area contributed by atoms with Crippen molar-refractivity contribution in [1.82, 2.24) is 4.90 Å². The summed E-state index contributed by atoms with van der Waals surface area (Å²) < 4.78 is 16.9. The molecule has 0 saturated carbocycles. The average Bonchev–Trinajstić information content (AvgIpc) is 3.39. The largest absolute Gasteiger partial charge is 0.466 e. The standard InChI is InChI=1S/C39H55NO7SSi/c1-7-8-9-10-11-23-37(42)48-25-17-16-18-30(27-36(41)45-24-26-49(4,5)6)47-38(43)29(2)40(3)39(44)46-28-35-33-21-14-12-19-31(33)32-20-13-15-22-34(32)35/h12-16,18-22,29-30,35H,7-11,17,23-28H2,1-6H3/t29-,30+/m0/s1. The second kappa shape index (κ2) is 20.3. The Morgan fingerprint density at radius 1 is 0.918 bits per heavy atom. The summed E-state index contributed by atoms with van der Waals surface area (Å²) in [5.74, 6) is -0.612. The van der Waals surface area contributed by atoms with E-state index in [2.05, 4.69) is 38.7 Å². The van der Waals surface area contributed by atoms with Crippen molar-refractivity contribution in [3.63, 3.8) is 0 Å². The number of ether oxygens (including phenoxy) is 3. The van der Waals surface area contributed by atoms with E-state index < -0.39 is 38.3 Å². The molecule has 0 saturated heterocycles. The number of esters is 2. The van der Waals surface area contributed by atoms with Gasteiger partial charge in [0, 0.05) is 33.2 Å². The van der Waals surface area contributed by atoms with Crippen LogP contribution in [0.1, 0.15) is 82.3 Å². The number of likely N-dealkylation sites (N-methyl/N-ethyl adjacent to an activating group) is 1. The van der Waals surface area contributed by atoms with Gasteiger partial charge in [-0.25, -0.2) is 9.59 Å². The molecule has 8 nitrogen and oxygen atoms in total. The van der Waals surface area contributed by atoms with Gasteiger partial charge in [0.25, 0.3) is 0 Å². The number of benzene rings is 2. The molecule has 1 aliphatic carbocycles. The lowest BCUT2D eigenvalue weighted by molar-refractivity contribution is -0.155. The summed E-state index contributed by atoms with van der Waals surface area (Å²) >= 11 is 1.31. The van der Waals surface area contributed by atoms with E-state index in [1.807, 2.05) is 42.5 Å². The van der Waals surface area contributed by atoms with Crippen molar-refractivity contribution < 1.29 is 33.4 Å². The smallest absolute Gasteiger partial charge is 0.410 e. The number of hydrogen-bond acceptors (Lipinski definition) is 8. The molecule has 2 aromatic carbocycles. The van der Waals surface area contributed by atoms with Crippen molar-refractivity contribution in [1.29, 1.82) is 0 Å². The minimum absolute atomic E-state index is 0.104. The molecular formula is C39H55NO7SSi. The molecule has 0 bridgehead atoms. The highest BCUT2D eigenvalue weighted by Gasteiger charge is 2.32. The summed E-state index contributed by atoms with van der Waals surface area (Å²) in [7, 11) is 0.109. The lowest BCUT2D eigenvalue weighted by Crippen LogP contribution is -2.43. The van der Waals surface area contributed by atoms with Crippen LogP contribution in [-0.2, 0) is 28.6 Å². The topological polar surface area (TPSA) is 99.2 Å². The Labute approximate surface area is 298 Å². The zero-order valence-corrected chi connectivity index (χ0v) is 32.0. The first-order valence-corrected chi connectivity index (χ1v) is 22.4. The zero-order chi connectivity index (χ0) is 35.8. The van der Waals surface area contributed by atoms with Crippen molar-refractivity contribution >= 4 is 43.0 Å². The zero-order valence-electron chi connectivity index (χ0n) is 30.2. The second-order valence-electron chi connectivity index (χ2n) is 13.9. The van der Waals surface area contributed by atoms with E-state index in [4.69, 9.17) is 14.2 Å². The van der Waals surface area contributed by atoms with E-state index >= 15 is 0 Å². The lowest BCUT2D eigenvalue weighted by Gasteiger charge is -2.25. The van der Waals surface area contributed by atoms with E-state index in [0.717, 1.165) is 47.6 Å². The fraction of sp³-hybridized carbons (Fsp3) is 0.538. The highest BCUT2D eigenvalue weighted by Crippen LogP contribution is 2.44. The molecule has 2 atom stereocenters. The molecule has 49 heavy (non-hydrogen) atoms. The predicted octanol–water partition coefficient (Wildman–Crippen LogP) is 9.01. The van der Waals surface area contributed by atoms with E-state index in [1.165, 1.54) is 36.6 Å². The maximum Gasteiger partial charge on any atom is 0.410 e. The molecule has 0 radical (unpaired) electrons. The third-order valence-electron chi connectivity index (χ3n) is 8.68. The number of fused-ring (bicyclic) bond motifs is 3. The molecule has 3 rings (SSSR count). The predicted molar refractivity (Wildman–Crippen MR) is 201 cm³/mol. The van der Waals surface area contributed by atoms with Crippen LogP contribution in [0.15, 0.2) is 60.7 Å². The minimum atomic E-state index is -1.39. The van der Waals surface area contributed by atoms with Gasteiger partial charge in [-0.05, 0) is 54.1 Å². The molecule has 1 aliphatic rings. The first-order chi connectivity index (χ1) is 23.4. The Bertz CT molecular complexity index is 1380. The Kier molecular flexibility index (Phi) is 16.6. The second-order valence-corrected chi connectivity index (χ2v) is 20.7. The summed E-state index contributed by atoms with van der Waals surface area (Å²) in [6, 6.07) is 16.1. The summed E-state index contributed by atoms with van der Waals surface area (Å²) in [5.41, 5.74) is 4.46. The van der Waals surface area contributed by atoms with Gasteiger partial charge in [0.1, 0.15) is 18.8 Å². The van der Waals surface area contributed by atoms with Crippen LogP contribution in [0.3, 0.4) is 0 Å². The van der Waals surface area contributed by atoms with Gasteiger partial charge in [-0.15, -0.1) is 0 Å². The van der Waals surface area contributed by atoms with Crippen molar-refractivity contribution in [2.24, 2.45) is 0 Å². The molecule has 0 aliphatic heterocycles. The van der Waals surface area contributed by atoms with Crippen molar-refractivity contribution in [3.05, 3.63) is 71.8 Å². The van der Waals surface area contributed by atoms with Crippen molar-refractivity contribution in [2.45, 2.75) is 109 Å². The van der Waals surface area contributed by atoms with Gasteiger partial charge in [-0.1, -0.05) is 119 Å². The SMILES string of the molecule is CCCCCCCC(=O)SCCC=C[C@H](CC(=O)OCC[Si](C)(C)C)OC(=O)[C@H](C)N(C)C(=O)OCC1c2ccccc2-c2ccccc21. The maximum atomic E-state index is 13.3. The number of carbonyl (C=O) groups is 4. The Hall–Kier alpha value is -3.37. The number of unbranched alkanes of at least 4 members (excludes halogenated alkanes) is 4. The monoisotopic (exact) mass is 709 g/mol. The normalized spacial score (nSPS) is 13.8. The van der Waals surface area contributed by atoms with Crippen LogP contribution in [-0.4, -0.2) is 74.3 Å². The number of allylic oxidation sites excluding steroid dienone is 1. The lowest BCUT2D eigenvalue weighted by atomic mass is 9.98. The van der Waals surface area contributed by atoms with Gasteiger partial charge in [-0.2, -0.15) is 0 Å². The van der Waals surface area contributed by atoms with Gasteiger partial charge in [0.15, 0.2) is 5.12 Å². The summed E-state index contributed by atoms with van der Waals surface area (Å²) in [6.45, 7) is 10.8. The fourth-order valence-corrected chi connectivity index (χ4v) is 7.02. The molecule has 0 N–H and O–H groups in total. The van der Waals surface area contributed by atoms with Gasteiger partial charge in [0.05, 0.1) is 13.0 Å². The van der Waals surface area contributed by atoms with Gasteiger partial charge in [0.2, 0.25) is 0 Å². The van der Waals surface area contributed by atoms with Crippen LogP contribution in [0.2, 0.25) is 25.7 Å². The molecule has 0 unspecified atom stereocenters. The number of amides is 1. The molecule has 2 aromatic rings. The molecule has 0 spiro atoms. The van der Waals surface area contributed by atoms with E-state index in [1.54, 1.807) is 13.0 Å². The number of hydrogen-bond donors (Lipinski definition) is 0. The van der Waals surface area contributed by atoms with Crippen LogP contribution >= 0.6 is 11.8 Å². The number of carbonyl (C=O) groups excluding carboxylic acids is 4. The van der Waals surface area contributed by atoms with Crippen LogP contribution in [0.25, 0.3) is 11.1 Å². The van der Waals surface area contributed by atoms with Crippen LogP contribution < -0.4 is 0 Å². The third kappa shape index (κ3) is 13.5. The molecule has 268 valence electrons. The maximum absolute atomic E-state index is 13.3. The van der Waals surface area contributed by atoms with E-state index in [-0.39, 0.29) is 24.1 Å². The van der Waals surface area contributed by atoms with Crippen LogP contribution in [0.4, 0.5) is 4.79 Å². The molecule has 1 amide bonds. The first-order valence-electron chi connectivity index (χ1n) is 17.7. The number of nitrogens with zero attached hydrogens (tertiary/aromatic N) is 1. The van der Waals surface area contributed by atoms with E-state index in [0.29, 0.717) is 25.2 Å². The first kappa shape index (κ1) is 40.1. The highest BCUT2D eigenvalue weighted by molar-refractivity contribution is 8.13. The summed E-state index contributed by atoms with van der Waals surface area (Å²) in [5, 5.41) is 0.184. The van der Waals surface area contributed by atoms with Crippen LogP contribution in [0, 0.1) is 0 Å². The van der Waals surface area contributed by atoms with Gasteiger partial charge < -0.3 is 14.2 Å². The summed E-state index contributed by atoms with van der Waals surface area (Å²) in [4.78, 5) is 52.5. The van der Waals surface area contributed by atoms with Gasteiger partial charge >= 0.3 is 18.0 Å². The molecular weight excluding hydrogens is 655 g/mol. The number of rotatable bonds is 20. The Morgan fingerprint density at radius 3 is 2.18 bits per heavy atom. The summed E-state index contributed by atoms with van der Waals surface area (Å²) in [6.07, 6.45) is 8.55. The Morgan fingerprint density at radius 2 is 1.55 bits per heavy atom. The fourth-order valence-electron chi connectivity index (χ4n) is 5.54. The average molecular weight is 710 g/mol. The minimum Gasteiger partial charge on any atom is -0.466 e. The van der Waals surface area contributed by atoms with Gasteiger partial charge in [-0.3, -0.25) is 14.5 Å². The third-order valence-corrected chi connectivity index (χ3v) is 11.3. The van der Waals surface area contributed by atoms with Crippen molar-refractivity contribution in [2.75, 3.05) is 26.0 Å². The number of thioether (sulfide) groups is 1. The van der Waals surface area contributed by atoms with Crippen LogP contribution in [0.5, 0.6) is 0 Å². The quantitative estimate of drug-likeness (QED) is 0.0442. The molecule has 0 fully saturated rings. The molecule has 0 heterocycles. The molecule has 0 aromatic heterocycles. The Balaban J connectivity index is 1.54.